The van der Waals surface area contributed by atoms with Crippen LogP contribution in [0.3, 0.4) is 0 Å². The van der Waals surface area contributed by atoms with Crippen LogP contribution >= 0.6 is 0 Å². The molecule has 0 atom stereocenters. The SMILES string of the molecule is CCN(CC)c1ccc(NC(=O)C2(C(=O)Nc3cc(C)cc(C)c3)CC2)c(C)c1. The monoisotopic (exact) mass is 393 g/mol. The van der Waals surface area contributed by atoms with E-state index in [0.29, 0.717) is 12.8 Å². The summed E-state index contributed by atoms with van der Waals surface area (Å²) >= 11 is 0. The minimum Gasteiger partial charge on any atom is -0.372 e. The predicted molar refractivity (Wildman–Crippen MR) is 120 cm³/mol. The van der Waals surface area contributed by atoms with Crippen LogP contribution in [0.4, 0.5) is 17.1 Å². The van der Waals surface area contributed by atoms with Crippen molar-refractivity contribution in [2.45, 2.75) is 47.5 Å². The van der Waals surface area contributed by atoms with Gasteiger partial charge in [-0.2, -0.15) is 0 Å². The maximum absolute atomic E-state index is 13.0. The molecule has 2 aromatic carbocycles. The van der Waals surface area contributed by atoms with Crippen LogP contribution in [0.25, 0.3) is 0 Å². The Hall–Kier alpha value is -2.82. The van der Waals surface area contributed by atoms with Gasteiger partial charge in [0.1, 0.15) is 5.41 Å². The van der Waals surface area contributed by atoms with Gasteiger partial charge in [-0.15, -0.1) is 0 Å². The molecule has 1 fully saturated rings. The molecule has 29 heavy (non-hydrogen) atoms. The lowest BCUT2D eigenvalue weighted by molar-refractivity contribution is -0.131. The molecule has 154 valence electrons. The average molecular weight is 394 g/mol. The Labute approximate surface area is 173 Å². The highest BCUT2D eigenvalue weighted by Gasteiger charge is 2.56. The van der Waals surface area contributed by atoms with Gasteiger partial charge in [0.15, 0.2) is 0 Å². The molecular formula is C24H31N3O2. The van der Waals surface area contributed by atoms with Crippen molar-refractivity contribution in [2.75, 3.05) is 28.6 Å². The lowest BCUT2D eigenvalue weighted by Gasteiger charge is -2.23. The summed E-state index contributed by atoms with van der Waals surface area (Å²) in [6, 6.07) is 11.9. The van der Waals surface area contributed by atoms with Crippen LogP contribution in [-0.4, -0.2) is 24.9 Å². The van der Waals surface area contributed by atoms with Gasteiger partial charge in [-0.1, -0.05) is 6.07 Å². The number of carbonyl (C=O) groups is 2. The maximum Gasteiger partial charge on any atom is 0.240 e. The molecule has 3 rings (SSSR count). The number of hydrogen-bond donors (Lipinski definition) is 2. The van der Waals surface area contributed by atoms with Crippen LogP contribution in [0.5, 0.6) is 0 Å². The number of hydrogen-bond acceptors (Lipinski definition) is 3. The number of nitrogens with one attached hydrogen (secondary N) is 2. The molecule has 0 saturated heterocycles. The normalized spacial score (nSPS) is 14.2. The largest absolute Gasteiger partial charge is 0.372 e. The van der Waals surface area contributed by atoms with Crippen LogP contribution < -0.4 is 15.5 Å². The van der Waals surface area contributed by atoms with Gasteiger partial charge < -0.3 is 15.5 Å². The molecule has 0 spiro atoms. The zero-order valence-electron chi connectivity index (χ0n) is 18.1. The van der Waals surface area contributed by atoms with E-state index < -0.39 is 5.41 Å². The van der Waals surface area contributed by atoms with Crippen molar-refractivity contribution in [3.8, 4) is 0 Å². The fraction of sp³-hybridized carbons (Fsp3) is 0.417. The Bertz CT molecular complexity index is 907. The molecule has 1 saturated carbocycles. The third kappa shape index (κ3) is 4.44. The first-order valence-corrected chi connectivity index (χ1v) is 10.4. The van der Waals surface area contributed by atoms with Crippen LogP contribution in [-0.2, 0) is 9.59 Å². The van der Waals surface area contributed by atoms with Gasteiger partial charge in [-0.25, -0.2) is 0 Å². The number of rotatable bonds is 7. The van der Waals surface area contributed by atoms with Crippen molar-refractivity contribution in [3.05, 3.63) is 53.1 Å². The van der Waals surface area contributed by atoms with E-state index in [1.54, 1.807) is 0 Å². The van der Waals surface area contributed by atoms with Crippen molar-refractivity contribution < 1.29 is 9.59 Å². The summed E-state index contributed by atoms with van der Waals surface area (Å²) in [6.07, 6.45) is 1.15. The lowest BCUT2D eigenvalue weighted by atomic mass is 10.0. The van der Waals surface area contributed by atoms with Crippen LogP contribution in [0.2, 0.25) is 0 Å². The Morgan fingerprint density at radius 2 is 1.48 bits per heavy atom. The lowest BCUT2D eigenvalue weighted by Crippen LogP contribution is -2.35. The minimum atomic E-state index is -0.971. The molecule has 0 aliphatic heterocycles. The van der Waals surface area contributed by atoms with E-state index in [2.05, 4.69) is 41.5 Å². The Morgan fingerprint density at radius 1 is 0.897 bits per heavy atom. The third-order valence-corrected chi connectivity index (χ3v) is 5.69. The van der Waals surface area contributed by atoms with Crippen molar-refractivity contribution in [3.63, 3.8) is 0 Å². The molecule has 5 nitrogen and oxygen atoms in total. The number of nitrogens with zero attached hydrogens (tertiary/aromatic N) is 1. The van der Waals surface area contributed by atoms with Gasteiger partial charge in [0.25, 0.3) is 0 Å². The van der Waals surface area contributed by atoms with Gasteiger partial charge in [0.2, 0.25) is 11.8 Å². The second kappa shape index (κ2) is 8.27. The molecule has 0 unspecified atom stereocenters. The fourth-order valence-electron chi connectivity index (χ4n) is 3.80. The number of anilines is 3. The molecule has 2 aromatic rings. The summed E-state index contributed by atoms with van der Waals surface area (Å²) in [5.41, 5.74) is 4.83. The first-order chi connectivity index (χ1) is 13.8. The molecular weight excluding hydrogens is 362 g/mol. The van der Waals surface area contributed by atoms with E-state index in [1.807, 2.05) is 45.0 Å². The van der Waals surface area contributed by atoms with Crippen LogP contribution in [0.1, 0.15) is 43.4 Å². The zero-order valence-corrected chi connectivity index (χ0v) is 18.1. The molecule has 5 heteroatoms. The minimum absolute atomic E-state index is 0.224. The van der Waals surface area contributed by atoms with Crippen LogP contribution in [0, 0.1) is 26.2 Å². The van der Waals surface area contributed by atoms with Gasteiger partial charge in [-0.3, -0.25) is 9.59 Å². The summed E-state index contributed by atoms with van der Waals surface area (Å²) in [7, 11) is 0. The maximum atomic E-state index is 13.0. The van der Waals surface area contributed by atoms with E-state index in [9.17, 15) is 9.59 Å². The molecule has 0 radical (unpaired) electrons. The molecule has 0 aromatic heterocycles. The van der Waals surface area contributed by atoms with Crippen LogP contribution in [0.15, 0.2) is 36.4 Å². The van der Waals surface area contributed by atoms with Crippen molar-refractivity contribution in [2.24, 2.45) is 5.41 Å². The average Bonchev–Trinajstić information content (AvgIpc) is 3.46. The van der Waals surface area contributed by atoms with E-state index in [4.69, 9.17) is 0 Å². The number of aryl methyl sites for hydroxylation is 3. The first kappa shape index (κ1) is 20.9. The third-order valence-electron chi connectivity index (χ3n) is 5.69. The summed E-state index contributed by atoms with van der Waals surface area (Å²) in [5.74, 6) is -0.449. The summed E-state index contributed by atoms with van der Waals surface area (Å²) in [6.45, 7) is 12.1. The molecule has 1 aliphatic rings. The number of carbonyl (C=O) groups excluding carboxylic acids is 2. The molecule has 2 amide bonds. The molecule has 0 heterocycles. The molecule has 2 N–H and O–H groups in total. The Balaban J connectivity index is 1.72. The van der Waals surface area contributed by atoms with E-state index in [-0.39, 0.29) is 11.8 Å². The highest BCUT2D eigenvalue weighted by Crippen LogP contribution is 2.47. The summed E-state index contributed by atoms with van der Waals surface area (Å²) < 4.78 is 0. The van der Waals surface area contributed by atoms with Crippen molar-refractivity contribution in [1.29, 1.82) is 0 Å². The topological polar surface area (TPSA) is 61.4 Å². The first-order valence-electron chi connectivity index (χ1n) is 10.4. The quantitative estimate of drug-likeness (QED) is 0.663. The fourth-order valence-corrected chi connectivity index (χ4v) is 3.80. The Kier molecular flexibility index (Phi) is 5.96. The molecule has 1 aliphatic carbocycles. The van der Waals surface area contributed by atoms with Gasteiger partial charge in [0, 0.05) is 30.2 Å². The highest BCUT2D eigenvalue weighted by molar-refractivity contribution is 6.17. The van der Waals surface area contributed by atoms with E-state index in [1.165, 1.54) is 0 Å². The van der Waals surface area contributed by atoms with Crippen molar-refractivity contribution >= 4 is 28.9 Å². The predicted octanol–water partition coefficient (Wildman–Crippen LogP) is 4.82. The number of benzene rings is 2. The Morgan fingerprint density at radius 3 is 2.00 bits per heavy atom. The van der Waals surface area contributed by atoms with Gasteiger partial charge in [0.05, 0.1) is 0 Å². The number of amides is 2. The second-order valence-electron chi connectivity index (χ2n) is 8.04. The summed E-state index contributed by atoms with van der Waals surface area (Å²) in [4.78, 5) is 28.1. The van der Waals surface area contributed by atoms with Gasteiger partial charge >= 0.3 is 0 Å². The van der Waals surface area contributed by atoms with E-state index >= 15 is 0 Å². The zero-order chi connectivity index (χ0) is 21.2. The smallest absolute Gasteiger partial charge is 0.240 e. The van der Waals surface area contributed by atoms with Crippen molar-refractivity contribution in [1.82, 2.24) is 0 Å². The summed E-state index contributed by atoms with van der Waals surface area (Å²) in [5, 5.41) is 5.93. The van der Waals surface area contributed by atoms with E-state index in [0.717, 1.165) is 46.8 Å². The highest BCUT2D eigenvalue weighted by atomic mass is 16.2. The standard InChI is InChI=1S/C24H31N3O2/c1-6-27(7-2)20-8-9-21(18(5)15-20)26-23(29)24(10-11-24)22(28)25-19-13-16(3)12-17(4)14-19/h8-9,12-15H,6-7,10-11H2,1-5H3,(H,25,28)(H,26,29). The molecule has 0 bridgehead atoms. The second-order valence-corrected chi connectivity index (χ2v) is 8.04. The van der Waals surface area contributed by atoms with Gasteiger partial charge in [-0.05, 0) is 94.5 Å².